The van der Waals surface area contributed by atoms with Gasteiger partial charge in [0.05, 0.1) is 5.56 Å². The van der Waals surface area contributed by atoms with E-state index < -0.39 is 5.97 Å². The molecule has 0 aromatic heterocycles. The summed E-state index contributed by atoms with van der Waals surface area (Å²) < 4.78 is 0. The van der Waals surface area contributed by atoms with Gasteiger partial charge in [-0.1, -0.05) is 6.07 Å². The molecule has 0 saturated carbocycles. The first kappa shape index (κ1) is 8.59. The van der Waals surface area contributed by atoms with Crippen molar-refractivity contribution in [3.05, 3.63) is 28.8 Å². The molecule has 1 aromatic carbocycles. The Hall–Kier alpha value is -1.51. The zero-order valence-corrected chi connectivity index (χ0v) is 7.09. The molecule has 0 spiro atoms. The van der Waals surface area contributed by atoms with Crippen molar-refractivity contribution in [3.8, 4) is 0 Å². The molecule has 0 aliphatic heterocycles. The Bertz CT molecular complexity index is 332. The molecular weight excluding hydrogens is 154 g/mol. The summed E-state index contributed by atoms with van der Waals surface area (Å²) in [4.78, 5) is 10.6. The largest absolute Gasteiger partial charge is 0.478 e. The second kappa shape index (κ2) is 2.85. The molecule has 0 amide bonds. The lowest BCUT2D eigenvalue weighted by atomic mass is 10.0. The van der Waals surface area contributed by atoms with Crippen molar-refractivity contribution in [1.29, 1.82) is 0 Å². The first-order chi connectivity index (χ1) is 5.54. The standard InChI is InChI=1S/C9H11NO2/c1-5-3-4-7(9(11)12)6(2)8(5)10/h3-4H,10H2,1-2H3,(H,11,12). The van der Waals surface area contributed by atoms with Crippen LogP contribution in [0.15, 0.2) is 12.1 Å². The highest BCUT2D eigenvalue weighted by Gasteiger charge is 2.09. The second-order valence-electron chi connectivity index (χ2n) is 2.77. The molecule has 64 valence electrons. The van der Waals surface area contributed by atoms with Crippen LogP contribution in [0.1, 0.15) is 21.5 Å². The van der Waals surface area contributed by atoms with E-state index in [2.05, 4.69) is 0 Å². The minimum Gasteiger partial charge on any atom is -0.478 e. The van der Waals surface area contributed by atoms with Crippen LogP contribution in [0.2, 0.25) is 0 Å². The zero-order valence-electron chi connectivity index (χ0n) is 7.09. The molecule has 3 nitrogen and oxygen atoms in total. The zero-order chi connectivity index (χ0) is 9.30. The monoisotopic (exact) mass is 165 g/mol. The van der Waals surface area contributed by atoms with Crippen LogP contribution in [-0.2, 0) is 0 Å². The SMILES string of the molecule is Cc1ccc(C(=O)O)c(C)c1N. The van der Waals surface area contributed by atoms with E-state index in [-0.39, 0.29) is 5.56 Å². The molecule has 0 fully saturated rings. The van der Waals surface area contributed by atoms with Crippen LogP contribution in [0.4, 0.5) is 5.69 Å². The van der Waals surface area contributed by atoms with E-state index in [0.29, 0.717) is 11.3 Å². The molecule has 3 N–H and O–H groups in total. The quantitative estimate of drug-likeness (QED) is 0.621. The number of nitrogens with two attached hydrogens (primary N) is 1. The van der Waals surface area contributed by atoms with E-state index in [1.54, 1.807) is 19.1 Å². The topological polar surface area (TPSA) is 63.3 Å². The fourth-order valence-corrected chi connectivity index (χ4v) is 1.10. The van der Waals surface area contributed by atoms with Gasteiger partial charge in [0.1, 0.15) is 0 Å². The van der Waals surface area contributed by atoms with E-state index >= 15 is 0 Å². The maximum atomic E-state index is 10.6. The Morgan fingerprint density at radius 2 is 2.00 bits per heavy atom. The van der Waals surface area contributed by atoms with Crippen molar-refractivity contribution >= 4 is 11.7 Å². The van der Waals surface area contributed by atoms with Crippen molar-refractivity contribution in [2.75, 3.05) is 5.73 Å². The van der Waals surface area contributed by atoms with Crippen LogP contribution in [0.5, 0.6) is 0 Å². The summed E-state index contributed by atoms with van der Waals surface area (Å²) in [6.07, 6.45) is 0. The van der Waals surface area contributed by atoms with Gasteiger partial charge < -0.3 is 10.8 Å². The maximum Gasteiger partial charge on any atom is 0.336 e. The molecule has 0 unspecified atom stereocenters. The summed E-state index contributed by atoms with van der Waals surface area (Å²) in [6.45, 7) is 3.57. The fourth-order valence-electron chi connectivity index (χ4n) is 1.10. The molecule has 0 heterocycles. The lowest BCUT2D eigenvalue weighted by molar-refractivity contribution is 0.0696. The molecule has 0 radical (unpaired) electrons. The third kappa shape index (κ3) is 1.25. The van der Waals surface area contributed by atoms with Crippen LogP contribution >= 0.6 is 0 Å². The van der Waals surface area contributed by atoms with Crippen LogP contribution in [0.3, 0.4) is 0 Å². The molecule has 3 heteroatoms. The average molecular weight is 165 g/mol. The van der Waals surface area contributed by atoms with Gasteiger partial charge in [0, 0.05) is 5.69 Å². The summed E-state index contributed by atoms with van der Waals surface area (Å²) in [5.41, 5.74) is 8.05. The predicted molar refractivity (Wildman–Crippen MR) is 47.3 cm³/mol. The lowest BCUT2D eigenvalue weighted by Gasteiger charge is -2.06. The van der Waals surface area contributed by atoms with Gasteiger partial charge in [-0.3, -0.25) is 0 Å². The normalized spacial score (nSPS) is 9.83. The molecule has 1 aromatic rings. The van der Waals surface area contributed by atoms with Gasteiger partial charge in [-0.05, 0) is 31.0 Å². The van der Waals surface area contributed by atoms with Gasteiger partial charge >= 0.3 is 5.97 Å². The highest BCUT2D eigenvalue weighted by Crippen LogP contribution is 2.19. The molecule has 0 aliphatic rings. The van der Waals surface area contributed by atoms with Crippen molar-refractivity contribution < 1.29 is 9.90 Å². The Kier molecular flexibility index (Phi) is 2.04. The fraction of sp³-hybridized carbons (Fsp3) is 0.222. The molecular formula is C9H11NO2. The van der Waals surface area contributed by atoms with Crippen molar-refractivity contribution in [2.24, 2.45) is 0 Å². The molecule has 0 bridgehead atoms. The number of nitrogen functional groups attached to an aromatic ring is 1. The van der Waals surface area contributed by atoms with Crippen molar-refractivity contribution in [2.45, 2.75) is 13.8 Å². The van der Waals surface area contributed by atoms with Gasteiger partial charge in [0.25, 0.3) is 0 Å². The third-order valence-electron chi connectivity index (χ3n) is 1.96. The third-order valence-corrected chi connectivity index (χ3v) is 1.96. The Balaban J connectivity index is 3.36. The number of hydrogen-bond donors (Lipinski definition) is 2. The summed E-state index contributed by atoms with van der Waals surface area (Å²) in [5, 5.41) is 8.73. The molecule has 0 atom stereocenters. The number of rotatable bonds is 1. The van der Waals surface area contributed by atoms with Gasteiger partial charge in [-0.15, -0.1) is 0 Å². The first-order valence-electron chi connectivity index (χ1n) is 3.63. The molecule has 0 saturated heterocycles. The van der Waals surface area contributed by atoms with Crippen LogP contribution in [-0.4, -0.2) is 11.1 Å². The Morgan fingerprint density at radius 3 is 2.50 bits per heavy atom. The van der Waals surface area contributed by atoms with Gasteiger partial charge in [0.2, 0.25) is 0 Å². The summed E-state index contributed by atoms with van der Waals surface area (Å²) in [6, 6.07) is 3.29. The van der Waals surface area contributed by atoms with Crippen LogP contribution in [0.25, 0.3) is 0 Å². The van der Waals surface area contributed by atoms with E-state index in [4.69, 9.17) is 10.8 Å². The maximum absolute atomic E-state index is 10.6. The minimum absolute atomic E-state index is 0.276. The number of anilines is 1. The van der Waals surface area contributed by atoms with Crippen molar-refractivity contribution in [3.63, 3.8) is 0 Å². The number of benzene rings is 1. The van der Waals surface area contributed by atoms with Crippen LogP contribution < -0.4 is 5.73 Å². The number of aryl methyl sites for hydroxylation is 1. The number of carboxylic acids is 1. The molecule has 1 rings (SSSR count). The summed E-state index contributed by atoms with van der Waals surface area (Å²) in [7, 11) is 0. The van der Waals surface area contributed by atoms with Gasteiger partial charge in [-0.25, -0.2) is 4.79 Å². The number of hydrogen-bond acceptors (Lipinski definition) is 2. The van der Waals surface area contributed by atoms with Crippen molar-refractivity contribution in [1.82, 2.24) is 0 Å². The number of aromatic carboxylic acids is 1. The molecule has 12 heavy (non-hydrogen) atoms. The van der Waals surface area contributed by atoms with E-state index in [1.165, 1.54) is 0 Å². The average Bonchev–Trinajstić information content (AvgIpc) is 2.00. The highest BCUT2D eigenvalue weighted by atomic mass is 16.4. The summed E-state index contributed by atoms with van der Waals surface area (Å²) in [5.74, 6) is -0.931. The van der Waals surface area contributed by atoms with E-state index in [0.717, 1.165) is 5.56 Å². The summed E-state index contributed by atoms with van der Waals surface area (Å²) >= 11 is 0. The smallest absolute Gasteiger partial charge is 0.336 e. The lowest BCUT2D eigenvalue weighted by Crippen LogP contribution is -2.03. The van der Waals surface area contributed by atoms with E-state index in [9.17, 15) is 4.79 Å². The van der Waals surface area contributed by atoms with Crippen LogP contribution in [0, 0.1) is 13.8 Å². The van der Waals surface area contributed by atoms with E-state index in [1.807, 2.05) is 6.92 Å². The number of carboxylic acid groups (broad SMARTS) is 1. The number of carbonyl (C=O) groups is 1. The minimum atomic E-state index is -0.931. The predicted octanol–water partition coefficient (Wildman–Crippen LogP) is 1.58. The first-order valence-corrected chi connectivity index (χ1v) is 3.63. The van der Waals surface area contributed by atoms with Gasteiger partial charge in [0.15, 0.2) is 0 Å². The Morgan fingerprint density at radius 1 is 1.42 bits per heavy atom. The molecule has 0 aliphatic carbocycles. The van der Waals surface area contributed by atoms with Gasteiger partial charge in [-0.2, -0.15) is 0 Å². The highest BCUT2D eigenvalue weighted by molar-refractivity contribution is 5.91. The Labute approximate surface area is 70.8 Å². The second-order valence-corrected chi connectivity index (χ2v) is 2.77.